The van der Waals surface area contributed by atoms with Gasteiger partial charge in [0.15, 0.2) is 0 Å². The minimum absolute atomic E-state index is 0.0855. The van der Waals surface area contributed by atoms with E-state index in [9.17, 15) is 13.2 Å². The molecular formula is C15H22N2O3S. The molecule has 6 heteroatoms. The van der Waals surface area contributed by atoms with E-state index < -0.39 is 10.0 Å². The lowest BCUT2D eigenvalue weighted by Crippen LogP contribution is -2.38. The largest absolute Gasteiger partial charge is 0.339 e. The number of amides is 1. The van der Waals surface area contributed by atoms with Crippen LogP contribution in [0, 0.1) is 5.92 Å². The van der Waals surface area contributed by atoms with E-state index >= 15 is 0 Å². The molecule has 0 atom stereocenters. The second-order valence-corrected chi connectivity index (χ2v) is 7.94. The molecule has 1 aromatic rings. The number of likely N-dealkylation sites (tertiary alicyclic amines) is 1. The van der Waals surface area contributed by atoms with Gasteiger partial charge in [-0.15, -0.1) is 0 Å². The summed E-state index contributed by atoms with van der Waals surface area (Å²) in [7, 11) is -0.546. The first-order valence-corrected chi connectivity index (χ1v) is 8.58. The van der Waals surface area contributed by atoms with Crippen molar-refractivity contribution in [1.29, 1.82) is 0 Å². The second kappa shape index (κ2) is 6.15. The monoisotopic (exact) mass is 310 g/mol. The average molecular weight is 310 g/mol. The summed E-state index contributed by atoms with van der Waals surface area (Å²) in [5.74, 6) is 0.562. The van der Waals surface area contributed by atoms with Gasteiger partial charge in [-0.1, -0.05) is 13.0 Å². The molecule has 1 saturated heterocycles. The van der Waals surface area contributed by atoms with Crippen molar-refractivity contribution in [2.45, 2.75) is 24.7 Å². The van der Waals surface area contributed by atoms with Gasteiger partial charge in [0.05, 0.1) is 4.90 Å². The van der Waals surface area contributed by atoms with Crippen molar-refractivity contribution in [2.24, 2.45) is 5.92 Å². The molecule has 1 fully saturated rings. The average Bonchev–Trinajstić information content (AvgIpc) is 2.47. The van der Waals surface area contributed by atoms with Gasteiger partial charge in [0.2, 0.25) is 10.0 Å². The topological polar surface area (TPSA) is 57.7 Å². The van der Waals surface area contributed by atoms with E-state index in [2.05, 4.69) is 6.92 Å². The number of piperidine rings is 1. The van der Waals surface area contributed by atoms with Crippen LogP contribution >= 0.6 is 0 Å². The van der Waals surface area contributed by atoms with Gasteiger partial charge in [-0.3, -0.25) is 4.79 Å². The SMILES string of the molecule is CC1CCN(C(=O)c2cccc(S(=O)(=O)N(C)C)c2)CC1. The number of hydrogen-bond donors (Lipinski definition) is 0. The Hall–Kier alpha value is -1.40. The highest BCUT2D eigenvalue weighted by molar-refractivity contribution is 7.89. The van der Waals surface area contributed by atoms with Gasteiger partial charge in [-0.2, -0.15) is 0 Å². The van der Waals surface area contributed by atoms with Gasteiger partial charge in [0.25, 0.3) is 5.91 Å². The minimum atomic E-state index is -3.51. The predicted octanol–water partition coefficient (Wildman–Crippen LogP) is 1.81. The zero-order valence-electron chi connectivity index (χ0n) is 12.7. The zero-order valence-corrected chi connectivity index (χ0v) is 13.6. The van der Waals surface area contributed by atoms with Crippen molar-refractivity contribution in [3.8, 4) is 0 Å². The fourth-order valence-corrected chi connectivity index (χ4v) is 3.34. The van der Waals surface area contributed by atoms with Crippen LogP contribution in [0.2, 0.25) is 0 Å². The fourth-order valence-electron chi connectivity index (χ4n) is 2.39. The van der Waals surface area contributed by atoms with Gasteiger partial charge in [0, 0.05) is 32.7 Å². The van der Waals surface area contributed by atoms with Crippen LogP contribution < -0.4 is 0 Å². The molecule has 1 aliphatic rings. The number of rotatable bonds is 3. The van der Waals surface area contributed by atoms with Crippen LogP contribution in [0.4, 0.5) is 0 Å². The minimum Gasteiger partial charge on any atom is -0.339 e. The molecule has 1 aliphatic heterocycles. The first-order valence-electron chi connectivity index (χ1n) is 7.14. The Morgan fingerprint density at radius 1 is 1.24 bits per heavy atom. The molecule has 0 unspecified atom stereocenters. The summed E-state index contributed by atoms with van der Waals surface area (Å²) in [6.07, 6.45) is 2.00. The summed E-state index contributed by atoms with van der Waals surface area (Å²) in [5.41, 5.74) is 0.437. The summed E-state index contributed by atoms with van der Waals surface area (Å²) in [5, 5.41) is 0. The maximum atomic E-state index is 12.5. The molecule has 1 amide bonds. The third-order valence-electron chi connectivity index (χ3n) is 3.93. The van der Waals surface area contributed by atoms with Crippen LogP contribution in [0.5, 0.6) is 0 Å². The first kappa shape index (κ1) is 16.0. The standard InChI is InChI=1S/C15H22N2O3S/c1-12-7-9-17(10-8-12)15(18)13-5-4-6-14(11-13)21(19,20)16(2)3/h4-6,11-12H,7-10H2,1-3H3. The fraction of sp³-hybridized carbons (Fsp3) is 0.533. The third-order valence-corrected chi connectivity index (χ3v) is 5.74. The van der Waals surface area contributed by atoms with E-state index in [1.54, 1.807) is 17.0 Å². The molecule has 0 aliphatic carbocycles. The van der Waals surface area contributed by atoms with Crippen molar-refractivity contribution in [1.82, 2.24) is 9.21 Å². The van der Waals surface area contributed by atoms with Crippen LogP contribution in [0.15, 0.2) is 29.2 Å². The zero-order chi connectivity index (χ0) is 15.6. The Morgan fingerprint density at radius 2 is 1.86 bits per heavy atom. The number of hydrogen-bond acceptors (Lipinski definition) is 3. The normalized spacial score (nSPS) is 17.2. The van der Waals surface area contributed by atoms with E-state index in [1.165, 1.54) is 26.2 Å². The Kier molecular flexibility index (Phi) is 4.68. The number of sulfonamides is 1. The highest BCUT2D eigenvalue weighted by atomic mass is 32.2. The van der Waals surface area contributed by atoms with Crippen LogP contribution in [-0.2, 0) is 10.0 Å². The Morgan fingerprint density at radius 3 is 2.43 bits per heavy atom. The second-order valence-electron chi connectivity index (χ2n) is 5.79. The maximum Gasteiger partial charge on any atom is 0.253 e. The van der Waals surface area contributed by atoms with Crippen LogP contribution in [-0.4, -0.2) is 50.7 Å². The summed E-state index contributed by atoms with van der Waals surface area (Å²) >= 11 is 0. The van der Waals surface area contributed by atoms with Gasteiger partial charge in [-0.05, 0) is 37.0 Å². The molecule has 1 heterocycles. The lowest BCUT2D eigenvalue weighted by atomic mass is 9.98. The molecule has 116 valence electrons. The van der Waals surface area contributed by atoms with Gasteiger partial charge < -0.3 is 4.90 Å². The summed E-state index contributed by atoms with van der Waals surface area (Å²) in [6.45, 7) is 3.67. The molecule has 2 rings (SSSR count). The lowest BCUT2D eigenvalue weighted by Gasteiger charge is -2.30. The maximum absolute atomic E-state index is 12.5. The van der Waals surface area contributed by atoms with Crippen molar-refractivity contribution in [3.05, 3.63) is 29.8 Å². The van der Waals surface area contributed by atoms with E-state index in [-0.39, 0.29) is 10.8 Å². The van der Waals surface area contributed by atoms with Crippen LogP contribution in [0.25, 0.3) is 0 Å². The van der Waals surface area contributed by atoms with Gasteiger partial charge in [0.1, 0.15) is 0 Å². The lowest BCUT2D eigenvalue weighted by molar-refractivity contribution is 0.0697. The van der Waals surface area contributed by atoms with Gasteiger partial charge in [-0.25, -0.2) is 12.7 Å². The molecule has 21 heavy (non-hydrogen) atoms. The van der Waals surface area contributed by atoms with E-state index in [0.29, 0.717) is 11.5 Å². The number of carbonyl (C=O) groups is 1. The molecule has 0 aromatic heterocycles. The first-order chi connectivity index (χ1) is 9.82. The molecule has 0 radical (unpaired) electrons. The van der Waals surface area contributed by atoms with Crippen LogP contribution in [0.1, 0.15) is 30.1 Å². The van der Waals surface area contributed by atoms with E-state index in [4.69, 9.17) is 0 Å². The number of nitrogens with zero attached hydrogens (tertiary/aromatic N) is 2. The number of carbonyl (C=O) groups excluding carboxylic acids is 1. The molecule has 0 bridgehead atoms. The highest BCUT2D eigenvalue weighted by Gasteiger charge is 2.23. The smallest absolute Gasteiger partial charge is 0.253 e. The van der Waals surface area contributed by atoms with Crippen molar-refractivity contribution in [2.75, 3.05) is 27.2 Å². The van der Waals surface area contributed by atoms with Crippen molar-refractivity contribution in [3.63, 3.8) is 0 Å². The van der Waals surface area contributed by atoms with E-state index in [0.717, 1.165) is 30.2 Å². The Labute approximate surface area is 126 Å². The Balaban J connectivity index is 2.23. The van der Waals surface area contributed by atoms with Crippen molar-refractivity contribution < 1.29 is 13.2 Å². The Bertz CT molecular complexity index is 618. The molecule has 5 nitrogen and oxygen atoms in total. The molecule has 1 aromatic carbocycles. The van der Waals surface area contributed by atoms with E-state index in [1.807, 2.05) is 0 Å². The molecule has 0 spiro atoms. The molecule has 0 N–H and O–H groups in total. The summed E-state index contributed by atoms with van der Waals surface area (Å²) < 4.78 is 25.4. The predicted molar refractivity (Wildman–Crippen MR) is 81.6 cm³/mol. The van der Waals surface area contributed by atoms with Crippen LogP contribution in [0.3, 0.4) is 0 Å². The summed E-state index contributed by atoms with van der Waals surface area (Å²) in [4.78, 5) is 14.4. The van der Waals surface area contributed by atoms with Gasteiger partial charge >= 0.3 is 0 Å². The number of benzene rings is 1. The quantitative estimate of drug-likeness (QED) is 0.855. The molecular weight excluding hydrogens is 288 g/mol. The third kappa shape index (κ3) is 3.44. The molecule has 0 saturated carbocycles. The highest BCUT2D eigenvalue weighted by Crippen LogP contribution is 2.20. The summed E-state index contributed by atoms with van der Waals surface area (Å²) in [6, 6.07) is 6.28. The van der Waals surface area contributed by atoms with Crippen molar-refractivity contribution >= 4 is 15.9 Å².